The van der Waals surface area contributed by atoms with E-state index >= 15 is 0 Å². The van der Waals surface area contributed by atoms with Crippen LogP contribution in [0.5, 0.6) is 0 Å². The number of fused-ring (bicyclic) bond motifs is 1. The summed E-state index contributed by atoms with van der Waals surface area (Å²) in [7, 11) is 0. The molecule has 1 atom stereocenters. The van der Waals surface area contributed by atoms with Gasteiger partial charge in [-0.25, -0.2) is 4.98 Å². The van der Waals surface area contributed by atoms with Crippen molar-refractivity contribution in [1.29, 1.82) is 0 Å². The first kappa shape index (κ1) is 20.3. The zero-order valence-corrected chi connectivity index (χ0v) is 17.8. The van der Waals surface area contributed by atoms with Crippen LogP contribution in [0.25, 0.3) is 11.3 Å². The van der Waals surface area contributed by atoms with Crippen LogP contribution in [0.2, 0.25) is 0 Å². The summed E-state index contributed by atoms with van der Waals surface area (Å²) in [4.78, 5) is 28.5. The van der Waals surface area contributed by atoms with Gasteiger partial charge in [-0.15, -0.1) is 11.3 Å². The molecule has 1 aliphatic rings. The number of aromatic nitrogens is 1. The van der Waals surface area contributed by atoms with Gasteiger partial charge in [-0.3, -0.25) is 9.59 Å². The Morgan fingerprint density at radius 2 is 1.93 bits per heavy atom. The van der Waals surface area contributed by atoms with E-state index in [2.05, 4.69) is 27.8 Å². The summed E-state index contributed by atoms with van der Waals surface area (Å²) in [6.07, 6.45) is 3.75. The molecule has 4 rings (SSSR count). The number of anilines is 1. The number of benzene rings is 2. The molecule has 0 spiro atoms. The first-order valence-electron chi connectivity index (χ1n) is 10.3. The van der Waals surface area contributed by atoms with Crippen LogP contribution in [0.4, 0.5) is 5.13 Å². The quantitative estimate of drug-likeness (QED) is 0.616. The molecular weight excluding hydrogens is 394 g/mol. The Morgan fingerprint density at radius 3 is 2.73 bits per heavy atom. The average molecular weight is 420 g/mol. The molecule has 0 saturated carbocycles. The molecule has 2 amide bonds. The van der Waals surface area contributed by atoms with Gasteiger partial charge in [0.25, 0.3) is 0 Å². The van der Waals surface area contributed by atoms with Gasteiger partial charge in [0, 0.05) is 24.4 Å². The summed E-state index contributed by atoms with van der Waals surface area (Å²) >= 11 is 1.45. The van der Waals surface area contributed by atoms with Crippen molar-refractivity contribution < 1.29 is 9.59 Å². The van der Waals surface area contributed by atoms with E-state index < -0.39 is 0 Å². The minimum Gasteiger partial charge on any atom is -0.356 e. The standard InChI is InChI=1S/C24H25N3O2S/c1-16(28)25-14-13-17-9-11-19(12-10-17)22-15-30-24(26-22)27-23(29)21-8-4-6-18-5-2-3-7-20(18)21/h2-3,5,7,9-12,15,21H,4,6,8,13-14H2,1H3,(H,25,28)(H,26,27,29)/t21-/m1/s1. The zero-order valence-electron chi connectivity index (χ0n) is 17.0. The van der Waals surface area contributed by atoms with Gasteiger partial charge < -0.3 is 10.6 Å². The van der Waals surface area contributed by atoms with Crippen LogP contribution in [0.1, 0.15) is 42.4 Å². The lowest BCUT2D eigenvalue weighted by molar-refractivity contribution is -0.119. The van der Waals surface area contributed by atoms with Crippen molar-refractivity contribution in [3.63, 3.8) is 0 Å². The summed E-state index contributed by atoms with van der Waals surface area (Å²) in [6.45, 7) is 2.15. The number of thiazole rings is 1. The number of aryl methyl sites for hydroxylation is 1. The molecule has 2 N–H and O–H groups in total. The molecule has 0 saturated heterocycles. The van der Waals surface area contributed by atoms with Gasteiger partial charge in [0.15, 0.2) is 5.13 Å². The van der Waals surface area contributed by atoms with Gasteiger partial charge in [0.2, 0.25) is 11.8 Å². The molecule has 2 aromatic carbocycles. The summed E-state index contributed by atoms with van der Waals surface area (Å²) < 4.78 is 0. The lowest BCUT2D eigenvalue weighted by Gasteiger charge is -2.24. The van der Waals surface area contributed by atoms with Crippen molar-refractivity contribution in [3.05, 3.63) is 70.6 Å². The molecule has 0 radical (unpaired) electrons. The third-order valence-electron chi connectivity index (χ3n) is 5.46. The molecule has 1 aromatic heterocycles. The number of nitrogens with zero attached hydrogens (tertiary/aromatic N) is 1. The van der Waals surface area contributed by atoms with Crippen LogP contribution < -0.4 is 10.6 Å². The van der Waals surface area contributed by atoms with Crippen molar-refractivity contribution in [1.82, 2.24) is 10.3 Å². The first-order valence-corrected chi connectivity index (χ1v) is 11.2. The highest BCUT2D eigenvalue weighted by Crippen LogP contribution is 2.33. The fourth-order valence-electron chi connectivity index (χ4n) is 3.91. The van der Waals surface area contributed by atoms with Gasteiger partial charge in [-0.1, -0.05) is 48.5 Å². The fraction of sp³-hybridized carbons (Fsp3) is 0.292. The third-order valence-corrected chi connectivity index (χ3v) is 6.22. The lowest BCUT2D eigenvalue weighted by Crippen LogP contribution is -2.24. The molecule has 6 heteroatoms. The molecule has 5 nitrogen and oxygen atoms in total. The van der Waals surface area contributed by atoms with Crippen LogP contribution >= 0.6 is 11.3 Å². The Morgan fingerprint density at radius 1 is 1.13 bits per heavy atom. The number of hydrogen-bond acceptors (Lipinski definition) is 4. The minimum atomic E-state index is -0.106. The summed E-state index contributed by atoms with van der Waals surface area (Å²) in [6, 6.07) is 16.4. The Labute approximate surface area is 180 Å². The molecule has 0 fully saturated rings. The summed E-state index contributed by atoms with van der Waals surface area (Å²) in [5.74, 6) is -0.0954. The Bertz CT molecular complexity index is 1040. The zero-order chi connectivity index (χ0) is 20.9. The fourth-order valence-corrected chi connectivity index (χ4v) is 4.63. The van der Waals surface area contributed by atoms with Crippen molar-refractivity contribution in [2.75, 3.05) is 11.9 Å². The van der Waals surface area contributed by atoms with Crippen LogP contribution in [0.3, 0.4) is 0 Å². The van der Waals surface area contributed by atoms with Crippen LogP contribution in [-0.2, 0) is 22.4 Å². The first-order chi connectivity index (χ1) is 14.6. The second kappa shape index (κ2) is 9.22. The number of carbonyl (C=O) groups is 2. The summed E-state index contributed by atoms with van der Waals surface area (Å²) in [5.41, 5.74) is 5.45. The van der Waals surface area contributed by atoms with Gasteiger partial charge in [-0.05, 0) is 42.4 Å². The van der Waals surface area contributed by atoms with E-state index in [9.17, 15) is 9.59 Å². The second-order valence-corrected chi connectivity index (χ2v) is 8.46. The number of carbonyl (C=O) groups excluding carboxylic acids is 2. The average Bonchev–Trinajstić information content (AvgIpc) is 3.22. The number of rotatable bonds is 6. The Balaban J connectivity index is 1.40. The van der Waals surface area contributed by atoms with Gasteiger partial charge in [-0.2, -0.15) is 0 Å². The van der Waals surface area contributed by atoms with E-state index in [-0.39, 0.29) is 17.7 Å². The van der Waals surface area contributed by atoms with E-state index in [0.717, 1.165) is 48.1 Å². The number of hydrogen-bond donors (Lipinski definition) is 2. The van der Waals surface area contributed by atoms with Crippen molar-refractivity contribution >= 4 is 28.3 Å². The highest BCUT2D eigenvalue weighted by molar-refractivity contribution is 7.14. The van der Waals surface area contributed by atoms with Crippen LogP contribution in [0.15, 0.2) is 53.9 Å². The van der Waals surface area contributed by atoms with Gasteiger partial charge in [0.05, 0.1) is 11.6 Å². The molecule has 0 aliphatic heterocycles. The van der Waals surface area contributed by atoms with Gasteiger partial charge in [0.1, 0.15) is 0 Å². The van der Waals surface area contributed by atoms with E-state index in [1.54, 1.807) is 0 Å². The van der Waals surface area contributed by atoms with E-state index in [4.69, 9.17) is 0 Å². The minimum absolute atomic E-state index is 0.0135. The summed E-state index contributed by atoms with van der Waals surface area (Å²) in [5, 5.41) is 8.43. The van der Waals surface area contributed by atoms with Gasteiger partial charge >= 0.3 is 0 Å². The Kier molecular flexibility index (Phi) is 6.23. The molecular formula is C24H25N3O2S. The van der Waals surface area contributed by atoms with Crippen molar-refractivity contribution in [3.8, 4) is 11.3 Å². The monoisotopic (exact) mass is 419 g/mol. The molecule has 1 aliphatic carbocycles. The Hall–Kier alpha value is -2.99. The SMILES string of the molecule is CC(=O)NCCc1ccc(-c2csc(NC(=O)[C@@H]3CCCc4ccccc43)n2)cc1. The van der Waals surface area contributed by atoms with E-state index in [1.807, 2.05) is 41.8 Å². The second-order valence-electron chi connectivity index (χ2n) is 7.60. The molecule has 30 heavy (non-hydrogen) atoms. The van der Waals surface area contributed by atoms with Crippen LogP contribution in [-0.4, -0.2) is 23.3 Å². The smallest absolute Gasteiger partial charge is 0.233 e. The predicted molar refractivity (Wildman–Crippen MR) is 121 cm³/mol. The maximum Gasteiger partial charge on any atom is 0.233 e. The maximum atomic E-state index is 12.9. The highest BCUT2D eigenvalue weighted by atomic mass is 32.1. The molecule has 1 heterocycles. The van der Waals surface area contributed by atoms with Crippen LogP contribution in [0, 0.1) is 0 Å². The molecule has 154 valence electrons. The maximum absolute atomic E-state index is 12.9. The number of amides is 2. The normalized spacial score (nSPS) is 15.3. The van der Waals surface area contributed by atoms with E-state index in [1.165, 1.54) is 23.8 Å². The number of nitrogens with one attached hydrogen (secondary N) is 2. The van der Waals surface area contributed by atoms with E-state index in [0.29, 0.717) is 11.7 Å². The largest absolute Gasteiger partial charge is 0.356 e. The predicted octanol–water partition coefficient (Wildman–Crippen LogP) is 4.55. The van der Waals surface area contributed by atoms with Crippen molar-refractivity contribution in [2.24, 2.45) is 0 Å². The van der Waals surface area contributed by atoms with Crippen molar-refractivity contribution in [2.45, 2.75) is 38.5 Å². The topological polar surface area (TPSA) is 71.1 Å². The molecule has 0 unspecified atom stereocenters. The lowest BCUT2D eigenvalue weighted by atomic mass is 9.82. The molecule has 3 aromatic rings. The molecule has 0 bridgehead atoms. The third kappa shape index (κ3) is 4.76. The highest BCUT2D eigenvalue weighted by Gasteiger charge is 2.26.